The smallest absolute Gasteiger partial charge is 0.312 e. The summed E-state index contributed by atoms with van der Waals surface area (Å²) in [5.74, 6) is -0.631. The molecule has 4 nitrogen and oxygen atoms in total. The second-order valence-corrected chi connectivity index (χ2v) is 6.37. The van der Waals surface area contributed by atoms with Gasteiger partial charge in [-0.1, -0.05) is 35.2 Å². The van der Waals surface area contributed by atoms with Gasteiger partial charge in [-0.25, -0.2) is 0 Å². The van der Waals surface area contributed by atoms with E-state index in [9.17, 15) is 9.59 Å². The Kier molecular flexibility index (Phi) is 4.87. The highest BCUT2D eigenvalue weighted by Gasteiger charge is 2.38. The van der Waals surface area contributed by atoms with E-state index in [1.54, 1.807) is 9.80 Å². The van der Waals surface area contributed by atoms with Gasteiger partial charge in [0.05, 0.1) is 0 Å². The number of halogens is 1. The van der Waals surface area contributed by atoms with Crippen molar-refractivity contribution in [1.29, 1.82) is 0 Å². The maximum Gasteiger partial charge on any atom is 0.312 e. The molecule has 5 heteroatoms. The van der Waals surface area contributed by atoms with E-state index in [-0.39, 0.29) is 17.2 Å². The number of nitrogens with zero attached hydrogens (tertiary/aromatic N) is 2. The molecule has 2 aliphatic rings. The molecular formula is C14H23BrN2O2. The van der Waals surface area contributed by atoms with Gasteiger partial charge >= 0.3 is 11.8 Å². The Morgan fingerprint density at radius 3 is 2.21 bits per heavy atom. The molecule has 108 valence electrons. The molecule has 0 bridgehead atoms. The standard InChI is InChI=1S/C14H23BrN2O2/c1-2-16-8-9-17(13(19)12(16)18)11-14(10-15)6-4-3-5-7-14/h2-11H2,1H3. The lowest BCUT2D eigenvalue weighted by molar-refractivity contribution is -0.157. The lowest BCUT2D eigenvalue weighted by atomic mass is 9.75. The molecule has 1 heterocycles. The molecule has 2 amide bonds. The van der Waals surface area contributed by atoms with Gasteiger partial charge in [-0.3, -0.25) is 9.59 Å². The maximum absolute atomic E-state index is 12.1. The molecule has 1 aliphatic carbocycles. The largest absolute Gasteiger partial charge is 0.333 e. The van der Waals surface area contributed by atoms with Crippen LogP contribution in [0.1, 0.15) is 39.0 Å². The fourth-order valence-corrected chi connectivity index (χ4v) is 3.95. The molecule has 2 fully saturated rings. The van der Waals surface area contributed by atoms with Gasteiger partial charge in [-0.15, -0.1) is 0 Å². The number of amides is 2. The van der Waals surface area contributed by atoms with Gasteiger partial charge in [0, 0.05) is 31.5 Å². The molecule has 0 spiro atoms. The van der Waals surface area contributed by atoms with Crippen LogP contribution in [0.25, 0.3) is 0 Å². The molecule has 0 atom stereocenters. The first-order valence-corrected chi connectivity index (χ1v) is 8.38. The first-order valence-electron chi connectivity index (χ1n) is 7.26. The van der Waals surface area contributed by atoms with Crippen molar-refractivity contribution in [2.45, 2.75) is 39.0 Å². The SMILES string of the molecule is CCN1CCN(CC2(CBr)CCCCC2)C(=O)C1=O. The lowest BCUT2D eigenvalue weighted by Gasteiger charge is -2.42. The molecule has 0 aromatic heterocycles. The average Bonchev–Trinajstić information content (AvgIpc) is 2.45. The third-order valence-corrected chi connectivity index (χ3v) is 5.69. The number of hydrogen-bond acceptors (Lipinski definition) is 2. The van der Waals surface area contributed by atoms with Crippen LogP contribution in [0.5, 0.6) is 0 Å². The Bertz CT molecular complexity index is 353. The topological polar surface area (TPSA) is 40.6 Å². The van der Waals surface area contributed by atoms with E-state index >= 15 is 0 Å². The van der Waals surface area contributed by atoms with Gasteiger partial charge in [0.1, 0.15) is 0 Å². The van der Waals surface area contributed by atoms with Crippen molar-refractivity contribution in [3.63, 3.8) is 0 Å². The van der Waals surface area contributed by atoms with Crippen molar-refractivity contribution in [2.24, 2.45) is 5.41 Å². The third kappa shape index (κ3) is 3.12. The van der Waals surface area contributed by atoms with Crippen LogP contribution in [0.4, 0.5) is 0 Å². The van der Waals surface area contributed by atoms with Gasteiger partial charge in [0.2, 0.25) is 0 Å². The zero-order chi connectivity index (χ0) is 13.9. The molecule has 0 aromatic rings. The van der Waals surface area contributed by atoms with Crippen LogP contribution in [0.15, 0.2) is 0 Å². The van der Waals surface area contributed by atoms with Crippen LogP contribution in [0.3, 0.4) is 0 Å². The van der Waals surface area contributed by atoms with E-state index < -0.39 is 0 Å². The van der Waals surface area contributed by atoms with Gasteiger partial charge in [0.15, 0.2) is 0 Å². The highest BCUT2D eigenvalue weighted by atomic mass is 79.9. The van der Waals surface area contributed by atoms with E-state index in [0.717, 1.165) is 24.7 Å². The fourth-order valence-electron chi connectivity index (χ4n) is 3.21. The summed E-state index contributed by atoms with van der Waals surface area (Å²) in [6.07, 6.45) is 6.10. The van der Waals surface area contributed by atoms with E-state index in [1.165, 1.54) is 19.3 Å². The quantitative estimate of drug-likeness (QED) is 0.584. The Morgan fingerprint density at radius 1 is 1.05 bits per heavy atom. The summed E-state index contributed by atoms with van der Waals surface area (Å²) in [4.78, 5) is 27.5. The zero-order valence-electron chi connectivity index (χ0n) is 11.7. The van der Waals surface area contributed by atoms with Gasteiger partial charge in [-0.2, -0.15) is 0 Å². The molecule has 0 aromatic carbocycles. The average molecular weight is 331 g/mol. The van der Waals surface area contributed by atoms with Crippen LogP contribution < -0.4 is 0 Å². The minimum atomic E-state index is -0.325. The number of piperazine rings is 1. The van der Waals surface area contributed by atoms with Crippen LogP contribution in [0, 0.1) is 5.41 Å². The number of rotatable bonds is 4. The van der Waals surface area contributed by atoms with Crippen molar-refractivity contribution in [3.8, 4) is 0 Å². The van der Waals surface area contributed by atoms with E-state index in [4.69, 9.17) is 0 Å². The fraction of sp³-hybridized carbons (Fsp3) is 0.857. The van der Waals surface area contributed by atoms with Crippen molar-refractivity contribution in [2.75, 3.05) is 31.5 Å². The summed E-state index contributed by atoms with van der Waals surface area (Å²) < 4.78 is 0. The van der Waals surface area contributed by atoms with Gasteiger partial charge < -0.3 is 9.80 Å². The Labute approximate surface area is 123 Å². The predicted octanol–water partition coefficient (Wildman–Crippen LogP) is 2.02. The molecular weight excluding hydrogens is 308 g/mol. The number of likely N-dealkylation sites (N-methyl/N-ethyl adjacent to an activating group) is 1. The first-order chi connectivity index (χ1) is 9.12. The second-order valence-electron chi connectivity index (χ2n) is 5.81. The minimum Gasteiger partial charge on any atom is -0.333 e. The Morgan fingerprint density at radius 2 is 1.63 bits per heavy atom. The maximum atomic E-state index is 12.1. The molecule has 0 N–H and O–H groups in total. The molecule has 1 saturated heterocycles. The van der Waals surface area contributed by atoms with Gasteiger partial charge in [-0.05, 0) is 25.2 Å². The van der Waals surface area contributed by atoms with E-state index in [0.29, 0.717) is 19.6 Å². The summed E-state index contributed by atoms with van der Waals surface area (Å²) in [6.45, 7) is 4.65. The predicted molar refractivity (Wildman–Crippen MR) is 78.1 cm³/mol. The summed E-state index contributed by atoms with van der Waals surface area (Å²) in [5.41, 5.74) is 0.183. The van der Waals surface area contributed by atoms with Gasteiger partial charge in [0.25, 0.3) is 0 Å². The van der Waals surface area contributed by atoms with Crippen LogP contribution in [-0.2, 0) is 9.59 Å². The van der Waals surface area contributed by atoms with Crippen LogP contribution >= 0.6 is 15.9 Å². The molecule has 0 radical (unpaired) electrons. The van der Waals surface area contributed by atoms with Crippen molar-refractivity contribution in [1.82, 2.24) is 9.80 Å². The lowest BCUT2D eigenvalue weighted by Crippen LogP contribution is -2.56. The van der Waals surface area contributed by atoms with E-state index in [1.807, 2.05) is 6.92 Å². The number of carbonyl (C=O) groups excluding carboxylic acids is 2. The summed E-state index contributed by atoms with van der Waals surface area (Å²) >= 11 is 3.62. The monoisotopic (exact) mass is 330 g/mol. The van der Waals surface area contributed by atoms with Crippen LogP contribution in [0.2, 0.25) is 0 Å². The summed E-state index contributed by atoms with van der Waals surface area (Å²) in [5, 5.41) is 0.926. The van der Waals surface area contributed by atoms with Crippen molar-refractivity contribution >= 4 is 27.7 Å². The number of alkyl halides is 1. The van der Waals surface area contributed by atoms with Crippen LogP contribution in [-0.4, -0.2) is 53.1 Å². The highest BCUT2D eigenvalue weighted by molar-refractivity contribution is 9.09. The normalized spacial score (nSPS) is 23.9. The first kappa shape index (κ1) is 14.8. The van der Waals surface area contributed by atoms with Crippen molar-refractivity contribution < 1.29 is 9.59 Å². The summed E-state index contributed by atoms with van der Waals surface area (Å²) in [7, 11) is 0. The Balaban J connectivity index is 2.02. The molecule has 19 heavy (non-hydrogen) atoms. The molecule has 2 rings (SSSR count). The molecule has 1 aliphatic heterocycles. The zero-order valence-corrected chi connectivity index (χ0v) is 13.2. The van der Waals surface area contributed by atoms with E-state index in [2.05, 4.69) is 15.9 Å². The number of hydrogen-bond donors (Lipinski definition) is 0. The highest BCUT2D eigenvalue weighted by Crippen LogP contribution is 2.38. The third-order valence-electron chi connectivity index (χ3n) is 4.50. The molecule has 0 unspecified atom stereocenters. The Hall–Kier alpha value is -0.580. The minimum absolute atomic E-state index is 0.183. The summed E-state index contributed by atoms with van der Waals surface area (Å²) in [6, 6.07) is 0. The number of carbonyl (C=O) groups is 2. The van der Waals surface area contributed by atoms with Crippen molar-refractivity contribution in [3.05, 3.63) is 0 Å². The second kappa shape index (κ2) is 6.25. The molecule has 1 saturated carbocycles.